The molecule has 0 saturated carbocycles. The molecule has 0 radical (unpaired) electrons. The topological polar surface area (TPSA) is 274 Å². The van der Waals surface area contributed by atoms with Crippen molar-refractivity contribution in [2.45, 2.75) is 36.7 Å². The van der Waals surface area contributed by atoms with Crippen molar-refractivity contribution >= 4 is 55.9 Å². The number of rotatable bonds is 16. The third-order valence-corrected chi connectivity index (χ3v) is 11.4. The van der Waals surface area contributed by atoms with E-state index in [0.717, 1.165) is 24.3 Å². The van der Waals surface area contributed by atoms with Gasteiger partial charge in [-0.15, -0.1) is 0 Å². The predicted molar refractivity (Wildman–Crippen MR) is 229 cm³/mol. The second-order valence-corrected chi connectivity index (χ2v) is 17.1. The molecule has 0 unspecified atom stereocenters. The Balaban J connectivity index is 1.13. The average Bonchev–Trinajstić information content (AvgIpc) is 3.22. The number of benzene rings is 5. The number of aliphatic imine (C=N–C) groups is 2. The molecule has 64 heavy (non-hydrogen) atoms. The Morgan fingerprint density at radius 2 is 0.844 bits per heavy atom. The lowest BCUT2D eigenvalue weighted by molar-refractivity contribution is -0.115. The van der Waals surface area contributed by atoms with Gasteiger partial charge in [0, 0.05) is 24.2 Å². The summed E-state index contributed by atoms with van der Waals surface area (Å²) in [6.45, 7) is 2.41. The van der Waals surface area contributed by atoms with Crippen LogP contribution in [0.25, 0.3) is 12.2 Å². The zero-order valence-electron chi connectivity index (χ0n) is 33.6. The van der Waals surface area contributed by atoms with E-state index in [-0.39, 0.29) is 56.7 Å². The van der Waals surface area contributed by atoms with Gasteiger partial charge < -0.3 is 32.4 Å². The van der Waals surface area contributed by atoms with Crippen LogP contribution in [0.2, 0.25) is 0 Å². The lowest BCUT2D eigenvalue weighted by Gasteiger charge is -2.11. The molecule has 334 valence electrons. The lowest BCUT2D eigenvalue weighted by atomic mass is 10.1. The smallest absolute Gasteiger partial charge is 0.275 e. The quantitative estimate of drug-likeness (QED) is 0.0323. The van der Waals surface area contributed by atoms with Crippen molar-refractivity contribution in [3.8, 4) is 23.0 Å². The SMILES string of the molecule is CC(=Cc1cc(F)c(Oc2ccc(S(=O)(=O)NCc3ccc(CNS(=O)(=O)c4ccc(Oc5c(F)cc(C=C(C)C(=O)N=C(N)N)cc5F)cc4)cc3)cc2)c(F)c1)C(=O)N=C(N)N. The number of hydrogen-bond donors (Lipinski definition) is 6. The van der Waals surface area contributed by atoms with Crippen LogP contribution in [0, 0.1) is 23.3 Å². The number of sulfonamides is 2. The van der Waals surface area contributed by atoms with Gasteiger partial charge in [0.1, 0.15) is 11.5 Å². The molecule has 0 bridgehead atoms. The molecular weight excluding hydrogens is 885 g/mol. The van der Waals surface area contributed by atoms with Gasteiger partial charge in [-0.3, -0.25) is 9.59 Å². The molecule has 0 spiro atoms. The van der Waals surface area contributed by atoms with Crippen molar-refractivity contribution < 1.29 is 53.5 Å². The molecule has 2 amide bonds. The lowest BCUT2D eigenvalue weighted by Crippen LogP contribution is -2.24. The molecule has 5 aromatic rings. The summed E-state index contributed by atoms with van der Waals surface area (Å²) in [4.78, 5) is 30.2. The predicted octanol–water partition coefficient (Wildman–Crippen LogP) is 5.19. The van der Waals surface area contributed by atoms with Crippen LogP contribution in [0.4, 0.5) is 17.6 Å². The number of nitrogens with two attached hydrogens (primary N) is 4. The zero-order valence-corrected chi connectivity index (χ0v) is 35.2. The summed E-state index contributed by atoms with van der Waals surface area (Å²) >= 11 is 0. The van der Waals surface area contributed by atoms with Crippen LogP contribution < -0.4 is 41.9 Å². The Morgan fingerprint density at radius 1 is 0.547 bits per heavy atom. The van der Waals surface area contributed by atoms with Gasteiger partial charge in [-0.25, -0.2) is 43.8 Å². The van der Waals surface area contributed by atoms with Crippen LogP contribution >= 0.6 is 0 Å². The van der Waals surface area contributed by atoms with E-state index in [9.17, 15) is 44.0 Å². The van der Waals surface area contributed by atoms with E-state index in [1.54, 1.807) is 24.3 Å². The second kappa shape index (κ2) is 20.2. The highest BCUT2D eigenvalue weighted by molar-refractivity contribution is 7.89. The first-order valence-corrected chi connectivity index (χ1v) is 21.3. The highest BCUT2D eigenvalue weighted by Gasteiger charge is 2.19. The van der Waals surface area contributed by atoms with E-state index in [1.165, 1.54) is 74.5 Å². The molecule has 10 N–H and O–H groups in total. The molecular formula is C42H38F4N8O8S2. The number of carbonyl (C=O) groups is 2. The molecule has 0 atom stereocenters. The van der Waals surface area contributed by atoms with Crippen LogP contribution in [0.5, 0.6) is 23.0 Å². The zero-order chi connectivity index (χ0) is 46.9. The maximum absolute atomic E-state index is 14.8. The summed E-state index contributed by atoms with van der Waals surface area (Å²) in [5.41, 5.74) is 21.8. The van der Waals surface area contributed by atoms with Crippen molar-refractivity contribution in [3.05, 3.63) is 154 Å². The first-order chi connectivity index (χ1) is 30.1. The number of guanidine groups is 2. The first kappa shape index (κ1) is 47.6. The monoisotopic (exact) mass is 922 g/mol. The summed E-state index contributed by atoms with van der Waals surface area (Å²) in [5, 5.41) is 0. The Kier molecular flexibility index (Phi) is 15.0. The van der Waals surface area contributed by atoms with Crippen molar-refractivity contribution in [1.82, 2.24) is 9.44 Å². The van der Waals surface area contributed by atoms with Gasteiger partial charge in [0.05, 0.1) is 9.79 Å². The van der Waals surface area contributed by atoms with E-state index in [4.69, 9.17) is 32.4 Å². The fourth-order valence-electron chi connectivity index (χ4n) is 5.46. The van der Waals surface area contributed by atoms with E-state index in [1.807, 2.05) is 0 Å². The Morgan fingerprint density at radius 3 is 1.12 bits per heavy atom. The van der Waals surface area contributed by atoms with Crippen molar-refractivity contribution in [3.63, 3.8) is 0 Å². The summed E-state index contributed by atoms with van der Waals surface area (Å²) in [6.07, 6.45) is 2.35. The fourth-order valence-corrected chi connectivity index (χ4v) is 7.50. The molecule has 5 rings (SSSR count). The minimum Gasteiger partial charge on any atom is -0.451 e. The standard InChI is InChI=1S/C42H38F4N8O8S2/c1-23(39(55)53-41(47)48)15-27-17-33(43)37(34(44)18-27)61-29-7-11-31(12-8-29)63(57,58)51-21-25-3-5-26(6-4-25)22-52-64(59,60)32-13-9-30(10-14-32)62-38-35(45)19-28(20-36(38)46)16-24(2)40(56)54-42(49)50/h3-20,51-52H,21-22H2,1-2H3,(H4,47,48,53,55)(H4,49,50,54,56). The van der Waals surface area contributed by atoms with Gasteiger partial charge in [0.25, 0.3) is 11.8 Å². The van der Waals surface area contributed by atoms with E-state index in [0.29, 0.717) is 11.1 Å². The van der Waals surface area contributed by atoms with Crippen LogP contribution in [0.3, 0.4) is 0 Å². The molecule has 0 aliphatic carbocycles. The van der Waals surface area contributed by atoms with Crippen LogP contribution in [0.1, 0.15) is 36.1 Å². The number of carbonyl (C=O) groups excluding carboxylic acids is 2. The minimum absolute atomic E-state index is 0.00690. The number of nitrogens with one attached hydrogen (secondary N) is 2. The highest BCUT2D eigenvalue weighted by Crippen LogP contribution is 2.32. The van der Waals surface area contributed by atoms with Gasteiger partial charge >= 0.3 is 0 Å². The van der Waals surface area contributed by atoms with Crippen LogP contribution in [-0.4, -0.2) is 40.6 Å². The largest absolute Gasteiger partial charge is 0.451 e. The van der Waals surface area contributed by atoms with Crippen molar-refractivity contribution in [2.75, 3.05) is 0 Å². The maximum atomic E-state index is 14.8. The number of nitrogens with zero attached hydrogens (tertiary/aromatic N) is 2. The van der Waals surface area contributed by atoms with E-state index >= 15 is 0 Å². The molecule has 5 aromatic carbocycles. The van der Waals surface area contributed by atoms with Crippen LogP contribution in [0.15, 0.2) is 128 Å². The van der Waals surface area contributed by atoms with Gasteiger partial charge in [0.15, 0.2) is 46.7 Å². The molecule has 22 heteroatoms. The number of amides is 2. The first-order valence-electron chi connectivity index (χ1n) is 18.4. The van der Waals surface area contributed by atoms with Gasteiger partial charge in [-0.1, -0.05) is 24.3 Å². The summed E-state index contributed by atoms with van der Waals surface area (Å²) in [6, 6.07) is 19.5. The summed E-state index contributed by atoms with van der Waals surface area (Å²) in [5.74, 6) is -8.64. The number of hydrogen-bond acceptors (Lipinski definition) is 8. The molecule has 16 nitrogen and oxygen atoms in total. The third-order valence-electron chi connectivity index (χ3n) is 8.61. The van der Waals surface area contributed by atoms with E-state index < -0.39 is 78.5 Å². The molecule has 0 heterocycles. The van der Waals surface area contributed by atoms with Gasteiger partial charge in [-0.05, 0) is 121 Å². The van der Waals surface area contributed by atoms with Crippen LogP contribution in [-0.2, 0) is 42.7 Å². The highest BCUT2D eigenvalue weighted by atomic mass is 32.2. The minimum atomic E-state index is -4.08. The normalized spacial score (nSPS) is 12.0. The Hall–Kier alpha value is -7.40. The van der Waals surface area contributed by atoms with Crippen molar-refractivity contribution in [1.29, 1.82) is 0 Å². The number of ether oxygens (including phenoxy) is 2. The summed E-state index contributed by atoms with van der Waals surface area (Å²) < 4.78 is 127. The average molecular weight is 923 g/mol. The number of halogens is 4. The summed E-state index contributed by atoms with van der Waals surface area (Å²) in [7, 11) is -8.15. The Labute approximate surface area is 364 Å². The molecule has 0 aliphatic heterocycles. The second-order valence-electron chi connectivity index (χ2n) is 13.6. The van der Waals surface area contributed by atoms with Gasteiger partial charge in [0.2, 0.25) is 20.0 Å². The van der Waals surface area contributed by atoms with Crippen molar-refractivity contribution in [2.24, 2.45) is 32.9 Å². The fraction of sp³-hybridized carbons (Fsp3) is 0.0952. The van der Waals surface area contributed by atoms with Gasteiger partial charge in [-0.2, -0.15) is 9.98 Å². The Bertz CT molecular complexity index is 2690. The molecule has 0 saturated heterocycles. The third kappa shape index (κ3) is 12.8. The molecule has 0 aliphatic rings. The molecule has 0 aromatic heterocycles. The molecule has 0 fully saturated rings. The maximum Gasteiger partial charge on any atom is 0.275 e. The van der Waals surface area contributed by atoms with E-state index in [2.05, 4.69) is 19.4 Å².